The third-order valence-electron chi connectivity index (χ3n) is 2.33. The number of rotatable bonds is 5. The molecule has 0 aliphatic heterocycles. The minimum Gasteiger partial charge on any atom is -0.508 e. The van der Waals surface area contributed by atoms with Crippen LogP contribution in [0.25, 0.3) is 0 Å². The van der Waals surface area contributed by atoms with Crippen molar-refractivity contribution in [1.82, 2.24) is 0 Å². The van der Waals surface area contributed by atoms with Crippen molar-refractivity contribution >= 4 is 17.4 Å². The van der Waals surface area contributed by atoms with E-state index in [1.54, 1.807) is 6.07 Å². The maximum Gasteiger partial charge on any atom is 0.223 e. The summed E-state index contributed by atoms with van der Waals surface area (Å²) in [6.07, 6.45) is 0. The van der Waals surface area contributed by atoms with Crippen molar-refractivity contribution in [2.45, 2.75) is 25.7 Å². The van der Waals surface area contributed by atoms with E-state index in [0.717, 1.165) is 11.6 Å². The van der Waals surface area contributed by atoms with Gasteiger partial charge in [0.2, 0.25) is 9.04 Å². The molecule has 1 aromatic rings. The van der Waals surface area contributed by atoms with Crippen LogP contribution in [-0.4, -0.2) is 22.5 Å². The number of aromatic hydroxyl groups is 1. The molecule has 2 nitrogen and oxygen atoms in total. The van der Waals surface area contributed by atoms with Crippen molar-refractivity contribution in [1.29, 1.82) is 0 Å². The molecule has 0 fully saturated rings. The number of benzene rings is 1. The van der Waals surface area contributed by atoms with Crippen molar-refractivity contribution in [3.05, 3.63) is 42.1 Å². The Hall–Kier alpha value is -0.846. The fourth-order valence-electron chi connectivity index (χ4n) is 1.63. The van der Waals surface area contributed by atoms with E-state index in [-0.39, 0.29) is 0 Å². The normalized spacial score (nSPS) is 11.8. The number of hydrogen-bond acceptors (Lipinski definition) is 2. The summed E-state index contributed by atoms with van der Waals surface area (Å²) in [5.74, 6) is 0.371. The number of para-hydroxylation sites is 1. The Morgan fingerprint density at radius 2 is 2.06 bits per heavy atom. The van der Waals surface area contributed by atoms with E-state index in [1.165, 1.54) is 0 Å². The lowest BCUT2D eigenvalue weighted by atomic mass is 10.2. The van der Waals surface area contributed by atoms with Gasteiger partial charge in [-0.15, -0.1) is 6.58 Å². The summed E-state index contributed by atoms with van der Waals surface area (Å²) in [7, 11) is -2.62. The molecule has 0 aromatic heterocycles. The van der Waals surface area contributed by atoms with Crippen molar-refractivity contribution in [3.63, 3.8) is 0 Å². The smallest absolute Gasteiger partial charge is 0.223 e. The molecule has 0 heterocycles. The van der Waals surface area contributed by atoms with Crippen LogP contribution in [0.3, 0.4) is 0 Å². The molecule has 0 saturated heterocycles. The molecular weight excluding hydrogens is 232 g/mol. The van der Waals surface area contributed by atoms with Gasteiger partial charge in [0, 0.05) is 0 Å². The lowest BCUT2D eigenvalue weighted by Gasteiger charge is -2.25. The van der Waals surface area contributed by atoms with Gasteiger partial charge in [-0.1, -0.05) is 23.9 Å². The molecule has 1 radical (unpaired) electrons. The molecule has 0 aliphatic carbocycles. The standard InChI is InChI=1S/C12H19O2Si2/c1-5-15(2)14-16(3,4)10-11-8-6-7-9-12(11)13/h5-9,13H,1,10H2,2-4H3. The average molecular weight is 251 g/mol. The summed E-state index contributed by atoms with van der Waals surface area (Å²) in [4.78, 5) is 0. The molecule has 0 amide bonds. The number of hydrogen-bond donors (Lipinski definition) is 1. The van der Waals surface area contributed by atoms with Gasteiger partial charge in [0.05, 0.1) is 0 Å². The second kappa shape index (κ2) is 5.47. The Balaban J connectivity index is 2.72. The maximum absolute atomic E-state index is 9.72. The zero-order valence-corrected chi connectivity index (χ0v) is 12.2. The third kappa shape index (κ3) is 3.96. The van der Waals surface area contributed by atoms with Crippen LogP contribution in [0.15, 0.2) is 36.5 Å². The van der Waals surface area contributed by atoms with Crippen molar-refractivity contribution in [2.24, 2.45) is 0 Å². The van der Waals surface area contributed by atoms with Crippen molar-refractivity contribution < 1.29 is 9.22 Å². The lowest BCUT2D eigenvalue weighted by molar-refractivity contribution is 0.468. The number of phenolic OH excluding ortho intramolecular Hbond substituents is 1. The fraction of sp³-hybridized carbons (Fsp3) is 0.333. The Kier molecular flexibility index (Phi) is 4.52. The molecule has 1 rings (SSSR count). The zero-order valence-electron chi connectivity index (χ0n) is 10.2. The van der Waals surface area contributed by atoms with Gasteiger partial charge < -0.3 is 9.22 Å². The predicted octanol–water partition coefficient (Wildman–Crippen LogP) is 3.04. The third-order valence-corrected chi connectivity index (χ3v) is 7.64. The van der Waals surface area contributed by atoms with Gasteiger partial charge in [-0.3, -0.25) is 0 Å². The lowest BCUT2D eigenvalue weighted by Crippen LogP contribution is -2.38. The zero-order chi connectivity index (χ0) is 12.2. The summed E-state index contributed by atoms with van der Waals surface area (Å²) in [6, 6.07) is 8.32. The Bertz CT molecular complexity index is 364. The molecule has 1 N–H and O–H groups in total. The van der Waals surface area contributed by atoms with Gasteiger partial charge in [-0.25, -0.2) is 0 Å². The highest BCUT2D eigenvalue weighted by molar-refractivity contribution is 6.78. The average Bonchev–Trinajstić information content (AvgIpc) is 2.20. The topological polar surface area (TPSA) is 29.5 Å². The molecule has 1 aromatic carbocycles. The quantitative estimate of drug-likeness (QED) is 0.815. The Labute approximate surface area is 100 Å². The minimum absolute atomic E-state index is 0.371. The van der Waals surface area contributed by atoms with E-state index in [2.05, 4.69) is 26.2 Å². The first-order valence-electron chi connectivity index (χ1n) is 5.36. The van der Waals surface area contributed by atoms with Gasteiger partial charge in [-0.05, 0) is 37.3 Å². The van der Waals surface area contributed by atoms with E-state index in [1.807, 2.05) is 23.9 Å². The van der Waals surface area contributed by atoms with E-state index in [0.29, 0.717) is 5.75 Å². The van der Waals surface area contributed by atoms with Crippen LogP contribution in [0.5, 0.6) is 5.75 Å². The number of phenols is 1. The monoisotopic (exact) mass is 251 g/mol. The van der Waals surface area contributed by atoms with Crippen LogP contribution in [0.1, 0.15) is 5.56 Å². The molecule has 0 atom stereocenters. The summed E-state index contributed by atoms with van der Waals surface area (Å²) >= 11 is 0. The SMILES string of the molecule is C=C[Si](C)O[Si](C)(C)Cc1ccccc1O. The molecule has 0 spiro atoms. The van der Waals surface area contributed by atoms with Crippen molar-refractivity contribution in [3.8, 4) is 5.75 Å². The van der Waals surface area contributed by atoms with E-state index >= 15 is 0 Å². The van der Waals surface area contributed by atoms with Gasteiger partial charge in [0.25, 0.3) is 0 Å². The van der Waals surface area contributed by atoms with E-state index in [9.17, 15) is 5.11 Å². The van der Waals surface area contributed by atoms with Gasteiger partial charge >= 0.3 is 0 Å². The fourth-order valence-corrected chi connectivity index (χ4v) is 6.96. The summed E-state index contributed by atoms with van der Waals surface area (Å²) in [5, 5.41) is 9.72. The summed E-state index contributed by atoms with van der Waals surface area (Å²) in [6.45, 7) is 10.2. The second-order valence-electron chi connectivity index (χ2n) is 4.48. The first-order chi connectivity index (χ1) is 7.44. The summed E-state index contributed by atoms with van der Waals surface area (Å²) in [5.41, 5.74) is 2.89. The van der Waals surface area contributed by atoms with Gasteiger partial charge in [-0.2, -0.15) is 0 Å². The Morgan fingerprint density at radius 3 is 2.62 bits per heavy atom. The van der Waals surface area contributed by atoms with Crippen LogP contribution >= 0.6 is 0 Å². The molecule has 0 aliphatic rings. The maximum atomic E-state index is 9.72. The highest BCUT2D eigenvalue weighted by Gasteiger charge is 2.26. The molecule has 0 saturated carbocycles. The minimum atomic E-state index is -1.75. The second-order valence-corrected chi connectivity index (χ2v) is 10.8. The van der Waals surface area contributed by atoms with E-state index < -0.39 is 17.4 Å². The molecule has 4 heteroatoms. The van der Waals surface area contributed by atoms with Crippen LogP contribution in [-0.2, 0) is 10.2 Å². The van der Waals surface area contributed by atoms with Crippen molar-refractivity contribution in [2.75, 3.05) is 0 Å². The van der Waals surface area contributed by atoms with Crippen LogP contribution < -0.4 is 0 Å². The van der Waals surface area contributed by atoms with Crippen LogP contribution in [0.2, 0.25) is 19.6 Å². The first kappa shape index (κ1) is 13.2. The first-order valence-corrected chi connectivity index (χ1v) is 10.5. The van der Waals surface area contributed by atoms with Gasteiger partial charge in [0.15, 0.2) is 8.32 Å². The molecule has 0 unspecified atom stereocenters. The predicted molar refractivity (Wildman–Crippen MR) is 72.2 cm³/mol. The molecular formula is C12H19O2Si2. The van der Waals surface area contributed by atoms with Crippen LogP contribution in [0, 0.1) is 0 Å². The summed E-state index contributed by atoms with van der Waals surface area (Å²) < 4.78 is 6.06. The molecule has 87 valence electrons. The van der Waals surface area contributed by atoms with Crippen LogP contribution in [0.4, 0.5) is 0 Å². The highest BCUT2D eigenvalue weighted by Crippen LogP contribution is 2.22. The molecule has 0 bridgehead atoms. The molecule has 16 heavy (non-hydrogen) atoms. The largest absolute Gasteiger partial charge is 0.508 e. The Morgan fingerprint density at radius 1 is 1.44 bits per heavy atom. The van der Waals surface area contributed by atoms with Gasteiger partial charge in [0.1, 0.15) is 5.75 Å². The highest BCUT2D eigenvalue weighted by atomic mass is 28.4. The van der Waals surface area contributed by atoms with E-state index in [4.69, 9.17) is 4.12 Å².